The molecule has 1 fully saturated rings. The zero-order chi connectivity index (χ0) is 10.7. The minimum Gasteiger partial charge on any atom is -0.368 e. The number of carbonyl (C=O) groups is 1. The van der Waals surface area contributed by atoms with Gasteiger partial charge >= 0.3 is 0 Å². The maximum absolute atomic E-state index is 11.5. The second kappa shape index (κ2) is 4.57. The highest BCUT2D eigenvalue weighted by molar-refractivity contribution is 5.98. The van der Waals surface area contributed by atoms with Crippen molar-refractivity contribution in [2.24, 2.45) is 5.10 Å². The van der Waals surface area contributed by atoms with Crippen LogP contribution in [0.15, 0.2) is 16.8 Å². The number of hydrazone groups is 1. The molecule has 15 heavy (non-hydrogen) atoms. The molecule has 1 amide bonds. The maximum Gasteiger partial charge on any atom is 0.269 e. The first-order valence-corrected chi connectivity index (χ1v) is 5.41. The van der Waals surface area contributed by atoms with Gasteiger partial charge in [-0.3, -0.25) is 4.79 Å². The minimum absolute atomic E-state index is 0.113. The molecule has 4 heteroatoms. The number of amides is 1. The molecular weight excluding hydrogens is 192 g/mol. The first-order valence-electron chi connectivity index (χ1n) is 5.41. The number of rotatable bonds is 2. The number of hydrogen-bond donors (Lipinski definition) is 1. The van der Waals surface area contributed by atoms with Crippen molar-refractivity contribution in [3.8, 4) is 0 Å². The highest BCUT2D eigenvalue weighted by atomic mass is 16.5. The summed E-state index contributed by atoms with van der Waals surface area (Å²) in [4.78, 5) is 11.5. The van der Waals surface area contributed by atoms with Gasteiger partial charge in [-0.1, -0.05) is 5.57 Å². The fourth-order valence-electron chi connectivity index (χ4n) is 1.83. The summed E-state index contributed by atoms with van der Waals surface area (Å²) in [5, 5.41) is 4.08. The summed E-state index contributed by atoms with van der Waals surface area (Å²) >= 11 is 0. The van der Waals surface area contributed by atoms with Crippen molar-refractivity contribution in [1.82, 2.24) is 5.43 Å². The molecule has 1 N–H and O–H groups in total. The summed E-state index contributed by atoms with van der Waals surface area (Å²) in [6, 6.07) is 0. The van der Waals surface area contributed by atoms with Gasteiger partial charge in [0, 0.05) is 6.61 Å². The Hall–Kier alpha value is -1.16. The lowest BCUT2D eigenvalue weighted by atomic mass is 10.2. The first-order chi connectivity index (χ1) is 7.25. The van der Waals surface area contributed by atoms with Gasteiger partial charge in [-0.15, -0.1) is 0 Å². The summed E-state index contributed by atoms with van der Waals surface area (Å²) in [6.07, 6.45) is 5.49. The van der Waals surface area contributed by atoms with Gasteiger partial charge in [0.2, 0.25) is 0 Å². The van der Waals surface area contributed by atoms with Gasteiger partial charge in [-0.25, -0.2) is 5.43 Å². The fraction of sp³-hybridized carbons (Fsp3) is 0.636. The molecule has 0 aromatic rings. The zero-order valence-corrected chi connectivity index (χ0v) is 8.95. The fourth-order valence-corrected chi connectivity index (χ4v) is 1.83. The van der Waals surface area contributed by atoms with Crippen LogP contribution in [0.3, 0.4) is 0 Å². The van der Waals surface area contributed by atoms with E-state index in [1.807, 2.05) is 6.08 Å². The van der Waals surface area contributed by atoms with Crippen LogP contribution in [0.25, 0.3) is 0 Å². The Morgan fingerprint density at radius 3 is 3.07 bits per heavy atom. The van der Waals surface area contributed by atoms with E-state index in [0.717, 1.165) is 31.4 Å². The monoisotopic (exact) mass is 208 g/mol. The Kier molecular flexibility index (Phi) is 3.16. The van der Waals surface area contributed by atoms with Crippen LogP contribution in [0.1, 0.15) is 32.6 Å². The van der Waals surface area contributed by atoms with Crippen molar-refractivity contribution in [2.75, 3.05) is 6.61 Å². The molecular formula is C11H16N2O2. The van der Waals surface area contributed by atoms with Crippen molar-refractivity contribution in [3.05, 3.63) is 11.6 Å². The van der Waals surface area contributed by atoms with Crippen molar-refractivity contribution in [3.63, 3.8) is 0 Å². The van der Waals surface area contributed by atoms with Gasteiger partial charge < -0.3 is 4.74 Å². The normalized spacial score (nSPS) is 28.2. The molecule has 1 heterocycles. The number of nitrogens with one attached hydrogen (secondary N) is 1. The molecule has 1 atom stereocenters. The number of nitrogens with zero attached hydrogens (tertiary/aromatic N) is 1. The van der Waals surface area contributed by atoms with Gasteiger partial charge in [0.05, 0.1) is 5.71 Å². The van der Waals surface area contributed by atoms with Crippen LogP contribution in [0, 0.1) is 0 Å². The second-order valence-corrected chi connectivity index (χ2v) is 4.07. The van der Waals surface area contributed by atoms with E-state index in [2.05, 4.69) is 17.5 Å². The second-order valence-electron chi connectivity index (χ2n) is 4.07. The highest BCUT2D eigenvalue weighted by Gasteiger charge is 2.23. The predicted octanol–water partition coefficient (Wildman–Crippen LogP) is 1.38. The van der Waals surface area contributed by atoms with E-state index in [0.29, 0.717) is 6.61 Å². The van der Waals surface area contributed by atoms with Crippen molar-refractivity contribution < 1.29 is 9.53 Å². The minimum atomic E-state index is -0.291. The summed E-state index contributed by atoms with van der Waals surface area (Å²) in [6.45, 7) is 2.76. The Bertz CT molecular complexity index is 315. The number of hydrogen-bond acceptors (Lipinski definition) is 3. The van der Waals surface area contributed by atoms with Crippen molar-refractivity contribution >= 4 is 11.6 Å². The van der Waals surface area contributed by atoms with Crippen LogP contribution < -0.4 is 5.43 Å². The molecule has 0 spiro atoms. The number of ether oxygens (including phenoxy) is 1. The van der Waals surface area contributed by atoms with Gasteiger partial charge in [0.15, 0.2) is 0 Å². The average Bonchev–Trinajstić information content (AvgIpc) is 2.84. The van der Waals surface area contributed by atoms with E-state index in [-0.39, 0.29) is 12.0 Å². The molecule has 1 saturated heterocycles. The van der Waals surface area contributed by atoms with Crippen LogP contribution in [-0.4, -0.2) is 24.3 Å². The summed E-state index contributed by atoms with van der Waals surface area (Å²) in [5.41, 5.74) is 4.84. The number of allylic oxidation sites excluding steroid dienone is 2. The Balaban J connectivity index is 1.84. The van der Waals surface area contributed by atoms with Gasteiger partial charge in [0.1, 0.15) is 6.10 Å². The molecule has 0 aromatic heterocycles. The molecule has 0 bridgehead atoms. The molecule has 1 aliphatic heterocycles. The van der Waals surface area contributed by atoms with Crippen LogP contribution in [0.4, 0.5) is 0 Å². The van der Waals surface area contributed by atoms with Crippen molar-refractivity contribution in [2.45, 2.75) is 38.7 Å². The maximum atomic E-state index is 11.5. The SMILES string of the molecule is CC1=CC(=NNC(=O)[C@H]2CCCO2)CC1. The predicted molar refractivity (Wildman–Crippen MR) is 57.5 cm³/mol. The standard InChI is InChI=1S/C11H16N2O2/c1-8-4-5-9(7-8)12-13-11(14)10-3-2-6-15-10/h7,10H,2-6H2,1H3,(H,13,14)/t10-/m1/s1. The molecule has 0 aromatic carbocycles. The lowest BCUT2D eigenvalue weighted by molar-refractivity contribution is -0.130. The van der Waals surface area contributed by atoms with Gasteiger partial charge in [-0.2, -0.15) is 5.10 Å². The van der Waals surface area contributed by atoms with E-state index in [4.69, 9.17) is 4.74 Å². The summed E-state index contributed by atoms with van der Waals surface area (Å²) in [7, 11) is 0. The van der Waals surface area contributed by atoms with Crippen LogP contribution in [-0.2, 0) is 9.53 Å². The molecule has 2 aliphatic rings. The van der Waals surface area contributed by atoms with Crippen molar-refractivity contribution in [1.29, 1.82) is 0 Å². The molecule has 82 valence electrons. The molecule has 0 saturated carbocycles. The van der Waals surface area contributed by atoms with Crippen LogP contribution in [0.2, 0.25) is 0 Å². The largest absolute Gasteiger partial charge is 0.368 e. The van der Waals surface area contributed by atoms with E-state index in [1.54, 1.807) is 0 Å². The molecule has 4 nitrogen and oxygen atoms in total. The zero-order valence-electron chi connectivity index (χ0n) is 8.95. The average molecular weight is 208 g/mol. The first kappa shape index (κ1) is 10.4. The van der Waals surface area contributed by atoms with E-state index >= 15 is 0 Å². The number of carbonyl (C=O) groups excluding carboxylic acids is 1. The van der Waals surface area contributed by atoms with Gasteiger partial charge in [-0.05, 0) is 38.7 Å². The van der Waals surface area contributed by atoms with Gasteiger partial charge in [0.25, 0.3) is 5.91 Å². The van der Waals surface area contributed by atoms with Crippen LogP contribution >= 0.6 is 0 Å². The Morgan fingerprint density at radius 1 is 1.60 bits per heavy atom. The molecule has 1 aliphatic carbocycles. The summed E-state index contributed by atoms with van der Waals surface area (Å²) < 4.78 is 5.25. The Morgan fingerprint density at radius 2 is 2.47 bits per heavy atom. The lowest BCUT2D eigenvalue weighted by Gasteiger charge is -2.06. The van der Waals surface area contributed by atoms with E-state index in [1.165, 1.54) is 5.57 Å². The lowest BCUT2D eigenvalue weighted by Crippen LogP contribution is -2.31. The topological polar surface area (TPSA) is 50.7 Å². The molecule has 0 radical (unpaired) electrons. The molecule has 2 rings (SSSR count). The Labute approximate surface area is 89.4 Å². The van der Waals surface area contributed by atoms with E-state index < -0.39 is 0 Å². The third-order valence-corrected chi connectivity index (χ3v) is 2.72. The third-order valence-electron chi connectivity index (χ3n) is 2.72. The van der Waals surface area contributed by atoms with E-state index in [9.17, 15) is 4.79 Å². The smallest absolute Gasteiger partial charge is 0.269 e. The third kappa shape index (κ3) is 2.65. The quantitative estimate of drug-likeness (QED) is 0.697. The van der Waals surface area contributed by atoms with Crippen LogP contribution in [0.5, 0.6) is 0 Å². The molecule has 0 unspecified atom stereocenters. The summed E-state index contributed by atoms with van der Waals surface area (Å²) in [5.74, 6) is -0.113. The highest BCUT2D eigenvalue weighted by Crippen LogP contribution is 2.15.